The van der Waals surface area contributed by atoms with E-state index in [9.17, 15) is 18.7 Å². The maximum Gasteiger partial charge on any atom is 0.408 e. The van der Waals surface area contributed by atoms with Crippen molar-refractivity contribution in [2.24, 2.45) is 0 Å². The SMILES string of the molecule is CC(C)(C)OC(=O)NC1(c2c(F)cccc2F)CC(O)C1. The second kappa shape index (κ2) is 5.26. The van der Waals surface area contributed by atoms with Crippen LogP contribution in [0.2, 0.25) is 0 Å². The van der Waals surface area contributed by atoms with Gasteiger partial charge >= 0.3 is 6.09 Å². The third kappa shape index (κ3) is 3.32. The second-order valence-corrected chi connectivity index (χ2v) is 6.37. The molecule has 1 amide bonds. The molecule has 2 N–H and O–H groups in total. The molecule has 1 saturated carbocycles. The standard InChI is InChI=1S/C15H19F2NO3/c1-14(2,3)21-13(20)18-15(7-9(19)8-15)12-10(16)5-4-6-11(12)17/h4-6,9,19H,7-8H2,1-3H3,(H,18,20). The highest BCUT2D eigenvalue weighted by Crippen LogP contribution is 2.43. The number of hydrogen-bond donors (Lipinski definition) is 2. The maximum atomic E-state index is 14.0. The summed E-state index contributed by atoms with van der Waals surface area (Å²) in [6, 6.07) is 3.51. The van der Waals surface area contributed by atoms with E-state index in [4.69, 9.17) is 4.74 Å². The quantitative estimate of drug-likeness (QED) is 0.883. The molecule has 0 saturated heterocycles. The summed E-state index contributed by atoms with van der Waals surface area (Å²) in [5.74, 6) is -1.50. The molecule has 1 aliphatic rings. The minimum absolute atomic E-state index is 0.0457. The van der Waals surface area contributed by atoms with Gasteiger partial charge in [0.2, 0.25) is 0 Å². The molecule has 1 fully saturated rings. The monoisotopic (exact) mass is 299 g/mol. The van der Waals surface area contributed by atoms with Gasteiger partial charge < -0.3 is 15.2 Å². The lowest BCUT2D eigenvalue weighted by Gasteiger charge is -2.46. The second-order valence-electron chi connectivity index (χ2n) is 6.37. The Labute approximate surface area is 122 Å². The molecule has 0 radical (unpaired) electrons. The van der Waals surface area contributed by atoms with Crippen molar-refractivity contribution in [1.82, 2.24) is 5.32 Å². The van der Waals surface area contributed by atoms with Crippen molar-refractivity contribution in [2.45, 2.75) is 50.9 Å². The Bertz CT molecular complexity index is 528. The van der Waals surface area contributed by atoms with E-state index in [2.05, 4.69) is 5.32 Å². The lowest BCUT2D eigenvalue weighted by molar-refractivity contribution is -0.0152. The highest BCUT2D eigenvalue weighted by molar-refractivity contribution is 5.69. The van der Waals surface area contributed by atoms with Crippen LogP contribution in [0.15, 0.2) is 18.2 Å². The first-order chi connectivity index (χ1) is 9.63. The molecule has 0 spiro atoms. The van der Waals surface area contributed by atoms with Gasteiger partial charge in [-0.15, -0.1) is 0 Å². The number of halogens is 2. The average Bonchev–Trinajstić information content (AvgIpc) is 2.23. The summed E-state index contributed by atoms with van der Waals surface area (Å²) in [6.07, 6.45) is -1.38. The van der Waals surface area contributed by atoms with Crippen LogP contribution in [0.5, 0.6) is 0 Å². The molecule has 0 aliphatic heterocycles. The molecule has 0 aromatic heterocycles. The Kier molecular flexibility index (Phi) is 3.93. The number of benzene rings is 1. The number of aliphatic hydroxyl groups is 1. The summed E-state index contributed by atoms with van der Waals surface area (Å²) in [6.45, 7) is 5.08. The zero-order chi connectivity index (χ0) is 15.8. The molecule has 21 heavy (non-hydrogen) atoms. The van der Waals surface area contributed by atoms with E-state index < -0.39 is 35.0 Å². The summed E-state index contributed by atoms with van der Waals surface area (Å²) in [5.41, 5.74) is -2.22. The van der Waals surface area contributed by atoms with E-state index in [1.54, 1.807) is 20.8 Å². The first-order valence-electron chi connectivity index (χ1n) is 6.77. The molecule has 1 aliphatic carbocycles. The molecule has 0 unspecified atom stereocenters. The van der Waals surface area contributed by atoms with Gasteiger partial charge in [0.25, 0.3) is 0 Å². The van der Waals surface area contributed by atoms with Crippen molar-refractivity contribution >= 4 is 6.09 Å². The molecule has 0 bridgehead atoms. The Morgan fingerprint density at radius 2 is 1.86 bits per heavy atom. The number of alkyl carbamates (subject to hydrolysis) is 1. The normalized spacial score (nSPS) is 25.1. The number of aliphatic hydroxyl groups excluding tert-OH is 1. The van der Waals surface area contributed by atoms with E-state index in [0.717, 1.165) is 12.1 Å². The largest absolute Gasteiger partial charge is 0.444 e. The van der Waals surface area contributed by atoms with Gasteiger partial charge in [0, 0.05) is 18.4 Å². The van der Waals surface area contributed by atoms with Crippen LogP contribution in [0.1, 0.15) is 39.2 Å². The smallest absolute Gasteiger partial charge is 0.408 e. The number of nitrogens with one attached hydrogen (secondary N) is 1. The van der Waals surface area contributed by atoms with Crippen LogP contribution < -0.4 is 5.32 Å². The van der Waals surface area contributed by atoms with Crippen molar-refractivity contribution in [3.63, 3.8) is 0 Å². The van der Waals surface area contributed by atoms with Crippen LogP contribution in [0.3, 0.4) is 0 Å². The molecule has 0 heterocycles. The summed E-state index contributed by atoms with van der Waals surface area (Å²) < 4.78 is 33.1. The Balaban J connectivity index is 2.28. The van der Waals surface area contributed by atoms with Gasteiger partial charge in [0.05, 0.1) is 11.6 Å². The number of amides is 1. The van der Waals surface area contributed by atoms with E-state index in [0.29, 0.717) is 0 Å². The minimum atomic E-state index is -1.27. The van der Waals surface area contributed by atoms with Gasteiger partial charge in [-0.05, 0) is 32.9 Å². The Morgan fingerprint density at radius 3 is 2.29 bits per heavy atom. The van der Waals surface area contributed by atoms with Gasteiger partial charge in [0.1, 0.15) is 17.2 Å². The van der Waals surface area contributed by atoms with Gasteiger partial charge in [-0.1, -0.05) is 6.07 Å². The Hall–Kier alpha value is -1.69. The zero-order valence-corrected chi connectivity index (χ0v) is 12.2. The summed E-state index contributed by atoms with van der Waals surface area (Å²) in [4.78, 5) is 11.9. The molecule has 1 aromatic carbocycles. The topological polar surface area (TPSA) is 58.6 Å². The van der Waals surface area contributed by atoms with Gasteiger partial charge in [-0.2, -0.15) is 0 Å². The first-order valence-corrected chi connectivity index (χ1v) is 6.77. The summed E-state index contributed by atoms with van der Waals surface area (Å²) >= 11 is 0. The number of carbonyl (C=O) groups excluding carboxylic acids is 1. The molecular formula is C15H19F2NO3. The number of rotatable bonds is 2. The molecule has 4 nitrogen and oxygen atoms in total. The number of hydrogen-bond acceptors (Lipinski definition) is 3. The minimum Gasteiger partial charge on any atom is -0.444 e. The predicted molar refractivity (Wildman–Crippen MR) is 72.6 cm³/mol. The third-order valence-electron chi connectivity index (χ3n) is 3.35. The fraction of sp³-hybridized carbons (Fsp3) is 0.533. The van der Waals surface area contributed by atoms with Crippen LogP contribution in [0.25, 0.3) is 0 Å². The van der Waals surface area contributed by atoms with Gasteiger partial charge in [0.15, 0.2) is 0 Å². The van der Waals surface area contributed by atoms with Gasteiger partial charge in [-0.25, -0.2) is 13.6 Å². The van der Waals surface area contributed by atoms with E-state index in [1.165, 1.54) is 6.07 Å². The van der Waals surface area contributed by atoms with Crippen LogP contribution in [0, 0.1) is 11.6 Å². The predicted octanol–water partition coefficient (Wildman–Crippen LogP) is 2.84. The number of ether oxygens (including phenoxy) is 1. The van der Waals surface area contributed by atoms with Crippen molar-refractivity contribution in [1.29, 1.82) is 0 Å². The highest BCUT2D eigenvalue weighted by atomic mass is 19.1. The molecule has 2 rings (SSSR count). The van der Waals surface area contributed by atoms with Gasteiger partial charge in [-0.3, -0.25) is 0 Å². The van der Waals surface area contributed by atoms with Crippen molar-refractivity contribution in [3.05, 3.63) is 35.4 Å². The number of carbonyl (C=O) groups is 1. The molecular weight excluding hydrogens is 280 g/mol. The Morgan fingerprint density at radius 1 is 1.33 bits per heavy atom. The molecule has 0 atom stereocenters. The van der Waals surface area contributed by atoms with E-state index >= 15 is 0 Å². The van der Waals surface area contributed by atoms with Crippen LogP contribution >= 0.6 is 0 Å². The third-order valence-corrected chi connectivity index (χ3v) is 3.35. The maximum absolute atomic E-state index is 14.0. The van der Waals surface area contributed by atoms with E-state index in [1.807, 2.05) is 0 Å². The van der Waals surface area contributed by atoms with Crippen LogP contribution in [-0.4, -0.2) is 22.9 Å². The lowest BCUT2D eigenvalue weighted by atomic mass is 9.69. The molecule has 1 aromatic rings. The van der Waals surface area contributed by atoms with E-state index in [-0.39, 0.29) is 18.4 Å². The van der Waals surface area contributed by atoms with Crippen molar-refractivity contribution < 1.29 is 23.4 Å². The van der Waals surface area contributed by atoms with Crippen molar-refractivity contribution in [3.8, 4) is 0 Å². The van der Waals surface area contributed by atoms with Crippen LogP contribution in [-0.2, 0) is 10.3 Å². The highest BCUT2D eigenvalue weighted by Gasteiger charge is 2.49. The first kappa shape index (κ1) is 15.7. The fourth-order valence-corrected chi connectivity index (χ4v) is 2.57. The average molecular weight is 299 g/mol. The van der Waals surface area contributed by atoms with Crippen LogP contribution in [0.4, 0.5) is 13.6 Å². The van der Waals surface area contributed by atoms with Crippen molar-refractivity contribution in [2.75, 3.05) is 0 Å². The zero-order valence-electron chi connectivity index (χ0n) is 12.2. The molecule has 116 valence electrons. The summed E-state index contributed by atoms with van der Waals surface area (Å²) in [5, 5.41) is 12.0. The molecule has 6 heteroatoms. The summed E-state index contributed by atoms with van der Waals surface area (Å²) in [7, 11) is 0. The lowest BCUT2D eigenvalue weighted by Crippen LogP contribution is -2.58. The fourth-order valence-electron chi connectivity index (χ4n) is 2.57.